The summed E-state index contributed by atoms with van der Waals surface area (Å²) in [5.74, 6) is -0.182. The Morgan fingerprint density at radius 3 is 2.28 bits per heavy atom. The highest BCUT2D eigenvalue weighted by molar-refractivity contribution is 5.86. The number of hydrogen-bond donors (Lipinski definition) is 3. The molecule has 3 N–H and O–H groups in total. The Kier molecular flexibility index (Phi) is 4.37. The van der Waals surface area contributed by atoms with Crippen molar-refractivity contribution in [3.8, 4) is 0 Å². The van der Waals surface area contributed by atoms with Crippen LogP contribution in [-0.4, -0.2) is 58.4 Å². The molecule has 2 saturated heterocycles. The molecule has 18 heavy (non-hydrogen) atoms. The van der Waals surface area contributed by atoms with Crippen LogP contribution in [0.3, 0.4) is 0 Å². The highest BCUT2D eigenvalue weighted by Gasteiger charge is 2.42. The molecule has 4 atom stereocenters. The second kappa shape index (κ2) is 5.82. The van der Waals surface area contributed by atoms with Crippen LogP contribution >= 0.6 is 0 Å². The van der Waals surface area contributed by atoms with E-state index in [0.29, 0.717) is 13.1 Å². The van der Waals surface area contributed by atoms with Gasteiger partial charge < -0.3 is 15.5 Å². The van der Waals surface area contributed by atoms with Crippen molar-refractivity contribution in [1.82, 2.24) is 10.2 Å². The molecule has 0 radical (unpaired) electrons. The number of hydrogen-bond acceptors (Lipinski definition) is 4. The van der Waals surface area contributed by atoms with Crippen LogP contribution in [0.5, 0.6) is 0 Å². The van der Waals surface area contributed by atoms with Gasteiger partial charge in [-0.25, -0.2) is 0 Å². The van der Waals surface area contributed by atoms with Crippen molar-refractivity contribution < 1.29 is 15.0 Å². The van der Waals surface area contributed by atoms with Gasteiger partial charge in [0.1, 0.15) is 0 Å². The summed E-state index contributed by atoms with van der Waals surface area (Å²) in [6.45, 7) is 4.60. The van der Waals surface area contributed by atoms with Crippen molar-refractivity contribution in [1.29, 1.82) is 0 Å². The molecule has 0 spiro atoms. The van der Waals surface area contributed by atoms with Crippen molar-refractivity contribution in [3.05, 3.63) is 12.7 Å². The fourth-order valence-electron chi connectivity index (χ4n) is 3.18. The monoisotopic (exact) mass is 254 g/mol. The second-order valence-corrected chi connectivity index (χ2v) is 5.16. The summed E-state index contributed by atoms with van der Waals surface area (Å²) in [5, 5.41) is 22.7. The van der Waals surface area contributed by atoms with Gasteiger partial charge >= 0.3 is 0 Å². The lowest BCUT2D eigenvalue weighted by Gasteiger charge is -2.50. The van der Waals surface area contributed by atoms with Crippen LogP contribution in [0.25, 0.3) is 0 Å². The Labute approximate surface area is 107 Å². The van der Waals surface area contributed by atoms with Gasteiger partial charge in [-0.15, -0.1) is 0 Å². The van der Waals surface area contributed by atoms with Crippen LogP contribution in [0.2, 0.25) is 0 Å². The third-order valence-corrected chi connectivity index (χ3v) is 4.11. The van der Waals surface area contributed by atoms with E-state index in [1.807, 2.05) is 0 Å². The van der Waals surface area contributed by atoms with Gasteiger partial charge in [-0.3, -0.25) is 9.69 Å². The molecule has 2 aliphatic rings. The van der Waals surface area contributed by atoms with E-state index in [4.69, 9.17) is 0 Å². The number of aliphatic hydroxyl groups excluding tert-OH is 2. The van der Waals surface area contributed by atoms with Gasteiger partial charge in [0.2, 0.25) is 5.91 Å². The molecule has 2 heterocycles. The van der Waals surface area contributed by atoms with Crippen LogP contribution < -0.4 is 5.32 Å². The van der Waals surface area contributed by atoms with Crippen molar-refractivity contribution in [2.24, 2.45) is 0 Å². The van der Waals surface area contributed by atoms with E-state index in [9.17, 15) is 15.0 Å². The van der Waals surface area contributed by atoms with Crippen LogP contribution in [-0.2, 0) is 4.79 Å². The maximum Gasteiger partial charge on any atom is 0.243 e. The lowest BCUT2D eigenvalue weighted by molar-refractivity contribution is -0.117. The molecule has 1 amide bonds. The topological polar surface area (TPSA) is 72.8 Å². The molecule has 2 fully saturated rings. The van der Waals surface area contributed by atoms with Gasteiger partial charge in [-0.05, 0) is 31.8 Å². The number of rotatable bonds is 4. The minimum absolute atomic E-state index is 0.132. The van der Waals surface area contributed by atoms with Crippen LogP contribution in [0.4, 0.5) is 0 Å². The highest BCUT2D eigenvalue weighted by Crippen LogP contribution is 2.33. The molecular weight excluding hydrogens is 232 g/mol. The molecule has 2 rings (SSSR count). The molecule has 5 nitrogen and oxygen atoms in total. The number of carbonyl (C=O) groups excluding carboxylic acids is 1. The molecule has 2 aliphatic heterocycles. The summed E-state index contributed by atoms with van der Waals surface area (Å²) >= 11 is 0. The summed E-state index contributed by atoms with van der Waals surface area (Å²) in [6, 6.07) is 0.264. The molecule has 102 valence electrons. The predicted octanol–water partition coefficient (Wildman–Crippen LogP) is -0.363. The first-order valence-corrected chi connectivity index (χ1v) is 6.65. The Morgan fingerprint density at radius 1 is 1.22 bits per heavy atom. The van der Waals surface area contributed by atoms with Crippen LogP contribution in [0.1, 0.15) is 25.7 Å². The largest absolute Gasteiger partial charge is 0.391 e. The van der Waals surface area contributed by atoms with E-state index >= 15 is 0 Å². The van der Waals surface area contributed by atoms with Crippen molar-refractivity contribution in [2.45, 2.75) is 50.0 Å². The minimum atomic E-state index is -0.302. The number of carbonyl (C=O) groups is 1. The number of piperidine rings is 2. The number of amides is 1. The molecule has 4 unspecified atom stereocenters. The quantitative estimate of drug-likeness (QED) is 0.599. The number of nitrogens with zero attached hydrogens (tertiary/aromatic N) is 1. The first-order valence-electron chi connectivity index (χ1n) is 6.65. The predicted molar refractivity (Wildman–Crippen MR) is 68.0 cm³/mol. The summed E-state index contributed by atoms with van der Waals surface area (Å²) < 4.78 is 0. The van der Waals surface area contributed by atoms with E-state index in [-0.39, 0.29) is 30.2 Å². The fraction of sp³-hybridized carbons (Fsp3) is 0.769. The molecule has 0 aromatic rings. The Morgan fingerprint density at radius 2 is 1.78 bits per heavy atom. The maximum atomic E-state index is 11.1. The molecule has 0 aliphatic carbocycles. The molecule has 5 heteroatoms. The zero-order valence-corrected chi connectivity index (χ0v) is 10.6. The average Bonchev–Trinajstić information content (AvgIpc) is 2.36. The Bertz CT molecular complexity index is 303. The van der Waals surface area contributed by atoms with Crippen LogP contribution in [0, 0.1) is 0 Å². The smallest absolute Gasteiger partial charge is 0.243 e. The maximum absolute atomic E-state index is 11.1. The standard InChI is InChI=1S/C13H22N2O3/c1-2-13(18)14-7-8-15-9-3-5-11(16)10(15)4-6-12(9)17/h2,9-12,16-17H,1,3-8H2,(H,14,18). The summed E-state index contributed by atoms with van der Waals surface area (Å²) in [5.41, 5.74) is 0. The number of aliphatic hydroxyl groups is 2. The van der Waals surface area contributed by atoms with Gasteiger partial charge in [0, 0.05) is 25.2 Å². The van der Waals surface area contributed by atoms with Gasteiger partial charge in [0.15, 0.2) is 0 Å². The Balaban J connectivity index is 1.92. The van der Waals surface area contributed by atoms with Crippen molar-refractivity contribution in [3.63, 3.8) is 0 Å². The van der Waals surface area contributed by atoms with E-state index in [1.54, 1.807) is 0 Å². The molecular formula is C13H22N2O3. The lowest BCUT2D eigenvalue weighted by Crippen LogP contribution is -2.61. The number of fused-ring (bicyclic) bond motifs is 2. The molecule has 0 aromatic carbocycles. The molecule has 0 saturated carbocycles. The zero-order valence-electron chi connectivity index (χ0n) is 10.6. The van der Waals surface area contributed by atoms with E-state index in [0.717, 1.165) is 25.7 Å². The molecule has 0 aromatic heterocycles. The minimum Gasteiger partial charge on any atom is -0.391 e. The normalized spacial score (nSPS) is 36.1. The third kappa shape index (κ3) is 2.74. The SMILES string of the molecule is C=CC(=O)NCCN1C2CCC(O)C1CCC2O. The van der Waals surface area contributed by atoms with Crippen molar-refractivity contribution >= 4 is 5.91 Å². The third-order valence-electron chi connectivity index (χ3n) is 4.11. The first kappa shape index (κ1) is 13.5. The van der Waals surface area contributed by atoms with Crippen molar-refractivity contribution in [2.75, 3.05) is 13.1 Å². The lowest BCUT2D eigenvalue weighted by atomic mass is 9.81. The zero-order chi connectivity index (χ0) is 13.1. The summed E-state index contributed by atoms with van der Waals surface area (Å²) in [4.78, 5) is 13.2. The van der Waals surface area contributed by atoms with Gasteiger partial charge in [0.25, 0.3) is 0 Å². The number of nitrogens with one attached hydrogen (secondary N) is 1. The van der Waals surface area contributed by atoms with Gasteiger partial charge in [0.05, 0.1) is 12.2 Å². The Hall–Kier alpha value is -0.910. The van der Waals surface area contributed by atoms with Gasteiger partial charge in [-0.1, -0.05) is 6.58 Å². The average molecular weight is 254 g/mol. The summed E-state index contributed by atoms with van der Waals surface area (Å²) in [6.07, 6.45) is 3.83. The van der Waals surface area contributed by atoms with Gasteiger partial charge in [-0.2, -0.15) is 0 Å². The highest BCUT2D eigenvalue weighted by atomic mass is 16.3. The van der Waals surface area contributed by atoms with Crippen LogP contribution in [0.15, 0.2) is 12.7 Å². The first-order chi connectivity index (χ1) is 8.63. The second-order valence-electron chi connectivity index (χ2n) is 5.16. The van der Waals surface area contributed by atoms with E-state index < -0.39 is 0 Å². The summed E-state index contributed by atoms with van der Waals surface area (Å²) in [7, 11) is 0. The fourth-order valence-corrected chi connectivity index (χ4v) is 3.18. The van der Waals surface area contributed by atoms with E-state index in [1.165, 1.54) is 6.08 Å². The molecule has 2 bridgehead atoms. The van der Waals surface area contributed by atoms with E-state index in [2.05, 4.69) is 16.8 Å².